The second kappa shape index (κ2) is 8.15. The Hall–Kier alpha value is -0.650. The molecule has 0 aromatic carbocycles. The second-order valence-electron chi connectivity index (χ2n) is 9.51. The molecule has 3 heterocycles. The Morgan fingerprint density at radius 2 is 1.54 bits per heavy atom. The maximum absolute atomic E-state index is 12.8. The predicted octanol–water partition coefficient (Wildman–Crippen LogP) is 2.06. The molecule has 0 unspecified atom stereocenters. The lowest BCUT2D eigenvalue weighted by molar-refractivity contribution is -0.132. The van der Waals surface area contributed by atoms with Crippen molar-refractivity contribution in [1.82, 2.24) is 14.7 Å². The van der Waals surface area contributed by atoms with Crippen molar-refractivity contribution in [3.8, 4) is 0 Å². The first-order valence-electron chi connectivity index (χ1n) is 11.1. The third kappa shape index (κ3) is 4.26. The average molecular weight is 363 g/mol. The number of piperidine rings is 2. The minimum atomic E-state index is 0.339. The van der Waals surface area contributed by atoms with Crippen LogP contribution < -0.4 is 5.73 Å². The highest BCUT2D eigenvalue weighted by Gasteiger charge is 2.43. The quantitative estimate of drug-likeness (QED) is 0.835. The number of nitrogens with two attached hydrogens (primary N) is 1. The van der Waals surface area contributed by atoms with E-state index >= 15 is 0 Å². The van der Waals surface area contributed by atoms with Crippen LogP contribution in [0, 0.1) is 5.41 Å². The van der Waals surface area contributed by atoms with Gasteiger partial charge in [-0.25, -0.2) is 0 Å². The van der Waals surface area contributed by atoms with E-state index in [4.69, 9.17) is 5.73 Å². The number of likely N-dealkylation sites (tertiary alicyclic amines) is 3. The van der Waals surface area contributed by atoms with Gasteiger partial charge >= 0.3 is 0 Å². The molecule has 4 rings (SSSR count). The first-order chi connectivity index (χ1) is 12.6. The Bertz CT molecular complexity index is 474. The van der Waals surface area contributed by atoms with E-state index in [2.05, 4.69) is 14.7 Å². The summed E-state index contributed by atoms with van der Waals surface area (Å²) < 4.78 is 0. The van der Waals surface area contributed by atoms with Crippen molar-refractivity contribution in [1.29, 1.82) is 0 Å². The summed E-state index contributed by atoms with van der Waals surface area (Å²) in [6, 6.07) is 1.19. The lowest BCUT2D eigenvalue weighted by Gasteiger charge is -2.43. The molecule has 2 N–H and O–H groups in total. The van der Waals surface area contributed by atoms with Crippen molar-refractivity contribution in [2.45, 2.75) is 76.3 Å². The maximum Gasteiger partial charge on any atom is 0.236 e. The average Bonchev–Trinajstić information content (AvgIpc) is 3.09. The van der Waals surface area contributed by atoms with Gasteiger partial charge in [-0.15, -0.1) is 0 Å². The lowest BCUT2D eigenvalue weighted by atomic mass is 9.77. The van der Waals surface area contributed by atoms with E-state index in [1.807, 2.05) is 0 Å². The normalized spacial score (nSPS) is 29.5. The van der Waals surface area contributed by atoms with Gasteiger partial charge in [-0.3, -0.25) is 9.69 Å². The molecular weight excluding hydrogens is 324 g/mol. The molecular formula is C21H38N4O. The van der Waals surface area contributed by atoms with Gasteiger partial charge < -0.3 is 15.5 Å². The van der Waals surface area contributed by atoms with Crippen LogP contribution in [0.25, 0.3) is 0 Å². The van der Waals surface area contributed by atoms with Crippen molar-refractivity contribution >= 4 is 5.91 Å². The Balaban J connectivity index is 1.24. The van der Waals surface area contributed by atoms with Gasteiger partial charge in [-0.1, -0.05) is 19.3 Å². The van der Waals surface area contributed by atoms with Crippen molar-refractivity contribution in [3.05, 3.63) is 0 Å². The highest BCUT2D eigenvalue weighted by molar-refractivity contribution is 5.78. The molecule has 148 valence electrons. The SMILES string of the molecule is NC1CCN(CC(=O)N2CCC3(CCN(C4CCCCC4)CC3)C2)CC1. The molecule has 0 atom stereocenters. The van der Waals surface area contributed by atoms with Crippen LogP contribution in [0.5, 0.6) is 0 Å². The number of amides is 1. The summed E-state index contributed by atoms with van der Waals surface area (Å²) in [6.45, 7) is 7.10. The number of hydrogen-bond donors (Lipinski definition) is 1. The molecule has 4 fully saturated rings. The molecule has 1 spiro atoms. The molecule has 0 aromatic heterocycles. The third-order valence-corrected chi connectivity index (χ3v) is 7.73. The summed E-state index contributed by atoms with van der Waals surface area (Å²) in [5, 5.41) is 0. The van der Waals surface area contributed by atoms with Gasteiger partial charge in [-0.2, -0.15) is 0 Å². The van der Waals surface area contributed by atoms with Gasteiger partial charge in [0.25, 0.3) is 0 Å². The van der Waals surface area contributed by atoms with Crippen LogP contribution in [0.2, 0.25) is 0 Å². The van der Waals surface area contributed by atoms with Crippen molar-refractivity contribution in [2.75, 3.05) is 45.8 Å². The fourth-order valence-electron chi connectivity index (χ4n) is 5.77. The highest BCUT2D eigenvalue weighted by Crippen LogP contribution is 2.41. The van der Waals surface area contributed by atoms with Gasteiger partial charge in [0.2, 0.25) is 5.91 Å². The van der Waals surface area contributed by atoms with E-state index in [9.17, 15) is 4.79 Å². The van der Waals surface area contributed by atoms with Gasteiger partial charge in [0.1, 0.15) is 0 Å². The first-order valence-corrected chi connectivity index (χ1v) is 11.1. The Kier molecular flexibility index (Phi) is 5.87. The summed E-state index contributed by atoms with van der Waals surface area (Å²) in [7, 11) is 0. The molecule has 0 bridgehead atoms. The lowest BCUT2D eigenvalue weighted by Crippen LogP contribution is -2.48. The van der Waals surface area contributed by atoms with Crippen molar-refractivity contribution in [3.63, 3.8) is 0 Å². The molecule has 3 aliphatic heterocycles. The minimum Gasteiger partial charge on any atom is -0.341 e. The Morgan fingerprint density at radius 1 is 0.885 bits per heavy atom. The largest absolute Gasteiger partial charge is 0.341 e. The molecule has 0 radical (unpaired) electrons. The first kappa shape index (κ1) is 18.7. The molecule has 3 saturated heterocycles. The number of rotatable bonds is 3. The number of hydrogen-bond acceptors (Lipinski definition) is 4. The number of carbonyl (C=O) groups is 1. The fourth-order valence-corrected chi connectivity index (χ4v) is 5.77. The zero-order valence-corrected chi connectivity index (χ0v) is 16.5. The van der Waals surface area contributed by atoms with Gasteiger partial charge in [0, 0.05) is 38.3 Å². The zero-order chi connectivity index (χ0) is 18.0. The Morgan fingerprint density at radius 3 is 2.23 bits per heavy atom. The van der Waals surface area contributed by atoms with Crippen LogP contribution >= 0.6 is 0 Å². The second-order valence-corrected chi connectivity index (χ2v) is 9.51. The van der Waals surface area contributed by atoms with Gasteiger partial charge in [-0.05, 0) is 63.5 Å². The Labute approximate surface area is 159 Å². The monoisotopic (exact) mass is 362 g/mol. The predicted molar refractivity (Wildman–Crippen MR) is 105 cm³/mol. The van der Waals surface area contributed by atoms with Crippen molar-refractivity contribution < 1.29 is 4.79 Å². The fraction of sp³-hybridized carbons (Fsp3) is 0.952. The molecule has 1 saturated carbocycles. The molecule has 4 aliphatic rings. The summed E-state index contributed by atoms with van der Waals surface area (Å²) in [4.78, 5) is 20.0. The summed E-state index contributed by atoms with van der Waals surface area (Å²) >= 11 is 0. The van der Waals surface area contributed by atoms with Crippen LogP contribution in [0.15, 0.2) is 0 Å². The standard InChI is InChI=1S/C21H38N4O/c22-18-6-11-23(12-7-18)16-20(26)25-15-10-21(17-25)8-13-24(14-9-21)19-4-2-1-3-5-19/h18-19H,1-17,22H2. The van der Waals surface area contributed by atoms with Crippen LogP contribution in [0.3, 0.4) is 0 Å². The van der Waals surface area contributed by atoms with Crippen molar-refractivity contribution in [2.24, 2.45) is 11.1 Å². The molecule has 1 amide bonds. The molecule has 0 aromatic rings. The summed E-state index contributed by atoms with van der Waals surface area (Å²) in [5.74, 6) is 0.354. The van der Waals surface area contributed by atoms with E-state index in [0.717, 1.165) is 45.1 Å². The minimum absolute atomic E-state index is 0.339. The molecule has 26 heavy (non-hydrogen) atoms. The van der Waals surface area contributed by atoms with E-state index in [1.54, 1.807) is 0 Å². The number of nitrogens with zero attached hydrogens (tertiary/aromatic N) is 3. The van der Waals surface area contributed by atoms with Crippen LogP contribution in [-0.2, 0) is 4.79 Å². The van der Waals surface area contributed by atoms with Gasteiger partial charge in [0.05, 0.1) is 6.54 Å². The summed E-state index contributed by atoms with van der Waals surface area (Å²) in [5.41, 5.74) is 6.40. The topological polar surface area (TPSA) is 52.8 Å². The van der Waals surface area contributed by atoms with E-state index in [0.29, 0.717) is 23.9 Å². The van der Waals surface area contributed by atoms with Crippen LogP contribution in [0.4, 0.5) is 0 Å². The van der Waals surface area contributed by atoms with E-state index in [1.165, 1.54) is 64.5 Å². The maximum atomic E-state index is 12.8. The van der Waals surface area contributed by atoms with Gasteiger partial charge in [0.15, 0.2) is 0 Å². The molecule has 1 aliphatic carbocycles. The third-order valence-electron chi connectivity index (χ3n) is 7.73. The smallest absolute Gasteiger partial charge is 0.236 e. The highest BCUT2D eigenvalue weighted by atomic mass is 16.2. The molecule has 5 nitrogen and oxygen atoms in total. The van der Waals surface area contributed by atoms with E-state index in [-0.39, 0.29) is 0 Å². The van der Waals surface area contributed by atoms with Crippen LogP contribution in [0.1, 0.15) is 64.2 Å². The van der Waals surface area contributed by atoms with Crippen LogP contribution in [-0.4, -0.2) is 78.5 Å². The van der Waals surface area contributed by atoms with E-state index < -0.39 is 0 Å². The zero-order valence-electron chi connectivity index (χ0n) is 16.5. The molecule has 5 heteroatoms. The summed E-state index contributed by atoms with van der Waals surface area (Å²) in [6.07, 6.45) is 13.0. The number of carbonyl (C=O) groups excluding carboxylic acids is 1.